The van der Waals surface area contributed by atoms with Crippen LogP contribution in [0.3, 0.4) is 0 Å². The summed E-state index contributed by atoms with van der Waals surface area (Å²) >= 11 is 0. The molecule has 0 aliphatic heterocycles. The lowest BCUT2D eigenvalue weighted by Gasteiger charge is -2.08. The summed E-state index contributed by atoms with van der Waals surface area (Å²) in [5.74, 6) is 1.18. The van der Waals surface area contributed by atoms with Gasteiger partial charge in [0, 0.05) is 19.1 Å². The summed E-state index contributed by atoms with van der Waals surface area (Å²) in [5, 5.41) is 4.30. The normalized spacial score (nSPS) is 14.7. The molecule has 6 heteroatoms. The number of aromatic nitrogens is 3. The van der Waals surface area contributed by atoms with Crippen LogP contribution in [0.5, 0.6) is 6.01 Å². The van der Waals surface area contributed by atoms with Crippen molar-refractivity contribution in [1.82, 2.24) is 14.8 Å². The molecule has 0 atom stereocenters. The fourth-order valence-corrected chi connectivity index (χ4v) is 3.37. The molecule has 0 bridgehead atoms. The van der Waals surface area contributed by atoms with Crippen LogP contribution in [0.1, 0.15) is 48.9 Å². The highest BCUT2D eigenvalue weighted by Gasteiger charge is 2.21. The Kier molecular flexibility index (Phi) is 6.39. The first-order valence-electron chi connectivity index (χ1n) is 9.36. The molecule has 1 aromatic carbocycles. The van der Waals surface area contributed by atoms with Crippen LogP contribution in [0.4, 0.5) is 0 Å². The van der Waals surface area contributed by atoms with Crippen molar-refractivity contribution < 1.29 is 14.3 Å². The molecule has 0 amide bonds. The van der Waals surface area contributed by atoms with Gasteiger partial charge < -0.3 is 9.47 Å². The van der Waals surface area contributed by atoms with Crippen LogP contribution >= 0.6 is 0 Å². The summed E-state index contributed by atoms with van der Waals surface area (Å²) < 4.78 is 11.9. The van der Waals surface area contributed by atoms with Gasteiger partial charge in [0.05, 0.1) is 6.61 Å². The maximum atomic E-state index is 12.8. The lowest BCUT2D eigenvalue weighted by atomic mass is 10.0. The first-order valence-corrected chi connectivity index (χ1v) is 9.36. The van der Waals surface area contributed by atoms with E-state index in [-0.39, 0.29) is 11.9 Å². The second-order valence-electron chi connectivity index (χ2n) is 6.92. The molecule has 0 saturated heterocycles. The van der Waals surface area contributed by atoms with Gasteiger partial charge in [0.1, 0.15) is 6.61 Å². The lowest BCUT2D eigenvalue weighted by Crippen LogP contribution is -2.15. The van der Waals surface area contributed by atoms with Crippen molar-refractivity contribution in [2.45, 2.75) is 45.4 Å². The van der Waals surface area contributed by atoms with Gasteiger partial charge in [0.25, 0.3) is 0 Å². The number of aryl methyl sites for hydroxylation is 1. The van der Waals surface area contributed by atoms with E-state index in [4.69, 9.17) is 9.47 Å². The van der Waals surface area contributed by atoms with Gasteiger partial charge in [-0.15, -0.1) is 5.10 Å². The molecule has 1 aliphatic rings. The van der Waals surface area contributed by atoms with E-state index in [0.29, 0.717) is 31.4 Å². The molecular weight excluding hydrogens is 330 g/mol. The van der Waals surface area contributed by atoms with Gasteiger partial charge in [-0.2, -0.15) is 9.67 Å². The van der Waals surface area contributed by atoms with Gasteiger partial charge >= 0.3 is 6.01 Å². The maximum Gasteiger partial charge on any atom is 0.336 e. The summed E-state index contributed by atoms with van der Waals surface area (Å²) in [5.41, 5.74) is 2.02. The monoisotopic (exact) mass is 357 g/mol. The molecule has 0 spiro atoms. The fraction of sp³-hybridized carbons (Fsp3) is 0.550. The number of methoxy groups -OCH3 is 1. The third-order valence-corrected chi connectivity index (χ3v) is 4.89. The van der Waals surface area contributed by atoms with Gasteiger partial charge in [-0.3, -0.25) is 4.79 Å². The molecule has 6 nitrogen and oxygen atoms in total. The van der Waals surface area contributed by atoms with Crippen molar-refractivity contribution in [2.75, 3.05) is 20.3 Å². The van der Waals surface area contributed by atoms with E-state index in [1.165, 1.54) is 30.4 Å². The molecule has 140 valence electrons. The van der Waals surface area contributed by atoms with Crippen LogP contribution in [0.15, 0.2) is 24.3 Å². The second kappa shape index (κ2) is 8.94. The van der Waals surface area contributed by atoms with Crippen molar-refractivity contribution in [1.29, 1.82) is 0 Å². The van der Waals surface area contributed by atoms with Gasteiger partial charge in [-0.05, 0) is 19.3 Å². The zero-order valence-electron chi connectivity index (χ0n) is 15.6. The number of rotatable bonds is 8. The molecule has 1 heterocycles. The Morgan fingerprint density at radius 3 is 2.62 bits per heavy atom. The van der Waals surface area contributed by atoms with E-state index in [1.54, 1.807) is 7.11 Å². The highest BCUT2D eigenvalue weighted by Crippen LogP contribution is 2.29. The van der Waals surface area contributed by atoms with Crippen LogP contribution < -0.4 is 4.74 Å². The molecule has 2 aromatic rings. The van der Waals surface area contributed by atoms with E-state index in [2.05, 4.69) is 10.1 Å². The van der Waals surface area contributed by atoms with Crippen molar-refractivity contribution in [3.63, 3.8) is 0 Å². The summed E-state index contributed by atoms with van der Waals surface area (Å²) in [6, 6.07) is 8.13. The number of hydrogen-bond acceptors (Lipinski definition) is 5. The predicted molar refractivity (Wildman–Crippen MR) is 99.4 cm³/mol. The van der Waals surface area contributed by atoms with Gasteiger partial charge in [-0.1, -0.05) is 55.5 Å². The minimum atomic E-state index is -0.0263. The number of carbonyl (C=O) groups excluding carboxylic acids is 1. The average molecular weight is 357 g/mol. The van der Waals surface area contributed by atoms with E-state index in [1.807, 2.05) is 31.2 Å². The number of benzene rings is 1. The smallest absolute Gasteiger partial charge is 0.336 e. The number of nitrogens with zero attached hydrogens (tertiary/aromatic N) is 3. The third kappa shape index (κ3) is 4.69. The highest BCUT2D eigenvalue weighted by atomic mass is 16.5. The Morgan fingerprint density at radius 1 is 1.19 bits per heavy atom. The van der Waals surface area contributed by atoms with Crippen LogP contribution in [0.2, 0.25) is 0 Å². The van der Waals surface area contributed by atoms with E-state index in [0.717, 1.165) is 17.5 Å². The zero-order chi connectivity index (χ0) is 18.4. The highest BCUT2D eigenvalue weighted by molar-refractivity contribution is 5.82. The SMILES string of the molecule is COCCOc1nc(-c2ccc(C)cc2)n(C(=O)CCC2CCCC2)n1. The third-order valence-electron chi connectivity index (χ3n) is 4.89. The Labute approximate surface area is 154 Å². The van der Waals surface area contributed by atoms with Gasteiger partial charge in [0.2, 0.25) is 5.91 Å². The van der Waals surface area contributed by atoms with Gasteiger partial charge in [0.15, 0.2) is 5.82 Å². The first kappa shape index (κ1) is 18.6. The molecule has 26 heavy (non-hydrogen) atoms. The quantitative estimate of drug-likeness (QED) is 0.671. The Balaban J connectivity index is 1.78. The Bertz CT molecular complexity index is 718. The Morgan fingerprint density at radius 2 is 1.92 bits per heavy atom. The minimum Gasteiger partial charge on any atom is -0.460 e. The molecule has 0 N–H and O–H groups in total. The van der Waals surface area contributed by atoms with Crippen LogP contribution in [0.25, 0.3) is 11.4 Å². The van der Waals surface area contributed by atoms with E-state index >= 15 is 0 Å². The molecule has 0 radical (unpaired) electrons. The van der Waals surface area contributed by atoms with E-state index in [9.17, 15) is 4.79 Å². The fourth-order valence-electron chi connectivity index (χ4n) is 3.37. The largest absolute Gasteiger partial charge is 0.460 e. The summed E-state index contributed by atoms with van der Waals surface area (Å²) in [4.78, 5) is 17.2. The minimum absolute atomic E-state index is 0.0263. The molecule has 1 aromatic heterocycles. The predicted octanol–water partition coefficient (Wildman–Crippen LogP) is 3.89. The van der Waals surface area contributed by atoms with Crippen molar-refractivity contribution in [2.24, 2.45) is 5.92 Å². The summed E-state index contributed by atoms with van der Waals surface area (Å²) in [6.45, 7) is 2.83. The molecule has 1 saturated carbocycles. The average Bonchev–Trinajstić information content (AvgIpc) is 3.30. The second-order valence-corrected chi connectivity index (χ2v) is 6.92. The molecule has 0 unspecified atom stereocenters. The summed E-state index contributed by atoms with van der Waals surface area (Å²) in [6.07, 6.45) is 6.46. The van der Waals surface area contributed by atoms with Crippen molar-refractivity contribution in [3.8, 4) is 17.4 Å². The lowest BCUT2D eigenvalue weighted by molar-refractivity contribution is 0.0875. The zero-order valence-corrected chi connectivity index (χ0v) is 15.6. The van der Waals surface area contributed by atoms with E-state index < -0.39 is 0 Å². The van der Waals surface area contributed by atoms with Crippen LogP contribution in [-0.4, -0.2) is 41.0 Å². The topological polar surface area (TPSA) is 66.2 Å². The maximum absolute atomic E-state index is 12.8. The van der Waals surface area contributed by atoms with Crippen LogP contribution in [-0.2, 0) is 4.74 Å². The number of hydrogen-bond donors (Lipinski definition) is 0. The van der Waals surface area contributed by atoms with Crippen LogP contribution in [0, 0.1) is 12.8 Å². The first-order chi connectivity index (χ1) is 12.7. The molecule has 1 fully saturated rings. The van der Waals surface area contributed by atoms with Crippen molar-refractivity contribution in [3.05, 3.63) is 29.8 Å². The van der Waals surface area contributed by atoms with Gasteiger partial charge in [-0.25, -0.2) is 0 Å². The molecule has 3 rings (SSSR count). The Hall–Kier alpha value is -2.21. The number of ether oxygens (including phenoxy) is 2. The molecular formula is C20H27N3O3. The van der Waals surface area contributed by atoms with Crippen molar-refractivity contribution >= 4 is 5.91 Å². The molecule has 1 aliphatic carbocycles. The number of carbonyl (C=O) groups is 1. The standard InChI is InChI=1S/C20H27N3O3/c1-15-7-10-17(11-8-15)19-21-20(26-14-13-25-2)22-23(19)18(24)12-9-16-5-3-4-6-16/h7-8,10-11,16H,3-6,9,12-14H2,1-2H3. The summed E-state index contributed by atoms with van der Waals surface area (Å²) in [7, 11) is 1.61.